The minimum Gasteiger partial charge on any atom is -0.496 e. The van der Waals surface area contributed by atoms with Crippen LogP contribution in [0.4, 0.5) is 5.69 Å². The van der Waals surface area contributed by atoms with Crippen molar-refractivity contribution in [3.05, 3.63) is 33.9 Å². The molecule has 0 amide bonds. The van der Waals surface area contributed by atoms with Crippen molar-refractivity contribution in [1.29, 1.82) is 0 Å². The van der Waals surface area contributed by atoms with Gasteiger partial charge < -0.3 is 14.8 Å². The third kappa shape index (κ3) is 5.23. The van der Waals surface area contributed by atoms with E-state index in [0.717, 1.165) is 5.56 Å². The smallest absolute Gasteiger partial charge is 0.270 e. The molecule has 19 heavy (non-hydrogen) atoms. The van der Waals surface area contributed by atoms with Gasteiger partial charge in [-0.05, 0) is 19.9 Å². The molecule has 0 aromatic heterocycles. The highest BCUT2D eigenvalue weighted by atomic mass is 16.6. The first kappa shape index (κ1) is 15.4. The number of nitro groups is 1. The van der Waals surface area contributed by atoms with Crippen LogP contribution >= 0.6 is 0 Å². The third-order valence-electron chi connectivity index (χ3n) is 2.52. The van der Waals surface area contributed by atoms with Gasteiger partial charge in [-0.15, -0.1) is 0 Å². The van der Waals surface area contributed by atoms with Crippen LogP contribution in [0.3, 0.4) is 0 Å². The fourth-order valence-corrected chi connectivity index (χ4v) is 1.61. The van der Waals surface area contributed by atoms with Crippen molar-refractivity contribution in [2.75, 3.05) is 20.3 Å². The average molecular weight is 268 g/mol. The highest BCUT2D eigenvalue weighted by Crippen LogP contribution is 2.23. The van der Waals surface area contributed by atoms with Crippen LogP contribution in [0.5, 0.6) is 5.75 Å². The predicted molar refractivity (Wildman–Crippen MR) is 72.4 cm³/mol. The number of hydrogen-bond acceptors (Lipinski definition) is 5. The maximum atomic E-state index is 10.7. The number of nitrogens with zero attached hydrogens (tertiary/aromatic N) is 1. The maximum absolute atomic E-state index is 10.7. The van der Waals surface area contributed by atoms with Crippen molar-refractivity contribution in [3.8, 4) is 5.75 Å². The van der Waals surface area contributed by atoms with E-state index in [9.17, 15) is 10.1 Å². The molecule has 0 unspecified atom stereocenters. The summed E-state index contributed by atoms with van der Waals surface area (Å²) in [5, 5.41) is 13.9. The van der Waals surface area contributed by atoms with E-state index in [-0.39, 0.29) is 11.8 Å². The molecule has 0 fully saturated rings. The van der Waals surface area contributed by atoms with Crippen LogP contribution in [0.25, 0.3) is 0 Å². The first-order chi connectivity index (χ1) is 9.04. The van der Waals surface area contributed by atoms with E-state index < -0.39 is 4.92 Å². The molecule has 1 rings (SSSR count). The number of methoxy groups -OCH3 is 1. The lowest BCUT2D eigenvalue weighted by Gasteiger charge is -2.11. The molecule has 0 aliphatic heterocycles. The van der Waals surface area contributed by atoms with Crippen molar-refractivity contribution >= 4 is 5.69 Å². The Morgan fingerprint density at radius 3 is 2.74 bits per heavy atom. The Hall–Kier alpha value is -1.66. The molecule has 0 spiro atoms. The summed E-state index contributed by atoms with van der Waals surface area (Å²) in [6, 6.07) is 4.57. The zero-order chi connectivity index (χ0) is 14.3. The van der Waals surface area contributed by atoms with Crippen molar-refractivity contribution in [2.45, 2.75) is 26.5 Å². The molecule has 0 radical (unpaired) electrons. The van der Waals surface area contributed by atoms with E-state index in [1.807, 2.05) is 13.8 Å². The zero-order valence-corrected chi connectivity index (χ0v) is 11.5. The standard InChI is InChI=1S/C13H20N2O4/c1-10(2)19-7-6-14-9-11-8-12(15(16)17)4-5-13(11)18-3/h4-5,8,10,14H,6-7,9H2,1-3H3. The number of nitrogens with one attached hydrogen (secondary N) is 1. The SMILES string of the molecule is COc1ccc([N+](=O)[O-])cc1CNCCOC(C)C. The summed E-state index contributed by atoms with van der Waals surface area (Å²) >= 11 is 0. The van der Waals surface area contributed by atoms with E-state index in [0.29, 0.717) is 25.4 Å². The van der Waals surface area contributed by atoms with Crippen LogP contribution in [-0.2, 0) is 11.3 Å². The van der Waals surface area contributed by atoms with Gasteiger partial charge in [0, 0.05) is 30.8 Å². The normalized spacial score (nSPS) is 10.7. The first-order valence-corrected chi connectivity index (χ1v) is 6.18. The third-order valence-corrected chi connectivity index (χ3v) is 2.52. The molecule has 6 heteroatoms. The summed E-state index contributed by atoms with van der Waals surface area (Å²) in [6.07, 6.45) is 0.203. The summed E-state index contributed by atoms with van der Waals surface area (Å²) in [7, 11) is 1.55. The lowest BCUT2D eigenvalue weighted by atomic mass is 10.1. The van der Waals surface area contributed by atoms with E-state index in [2.05, 4.69) is 5.32 Å². The van der Waals surface area contributed by atoms with Crippen LogP contribution in [0, 0.1) is 10.1 Å². The quantitative estimate of drug-likeness (QED) is 0.444. The molecule has 106 valence electrons. The van der Waals surface area contributed by atoms with Gasteiger partial charge in [0.2, 0.25) is 0 Å². The van der Waals surface area contributed by atoms with Gasteiger partial charge >= 0.3 is 0 Å². The molecule has 1 N–H and O–H groups in total. The Bertz CT molecular complexity index is 421. The minimum atomic E-state index is -0.412. The molecule has 0 heterocycles. The Morgan fingerprint density at radius 2 is 2.16 bits per heavy atom. The second-order valence-electron chi connectivity index (χ2n) is 4.35. The lowest BCUT2D eigenvalue weighted by molar-refractivity contribution is -0.384. The monoisotopic (exact) mass is 268 g/mol. The summed E-state index contributed by atoms with van der Waals surface area (Å²) in [6.45, 7) is 5.75. The van der Waals surface area contributed by atoms with Crippen LogP contribution in [0.15, 0.2) is 18.2 Å². The maximum Gasteiger partial charge on any atom is 0.270 e. The molecular formula is C13H20N2O4. The number of hydrogen-bond donors (Lipinski definition) is 1. The first-order valence-electron chi connectivity index (χ1n) is 6.18. The molecule has 0 saturated heterocycles. The molecule has 0 aliphatic rings. The molecular weight excluding hydrogens is 248 g/mol. The molecule has 6 nitrogen and oxygen atoms in total. The number of ether oxygens (including phenoxy) is 2. The largest absolute Gasteiger partial charge is 0.496 e. The Balaban J connectivity index is 2.55. The van der Waals surface area contributed by atoms with Crippen LogP contribution in [0.1, 0.15) is 19.4 Å². The fraction of sp³-hybridized carbons (Fsp3) is 0.538. The number of nitro benzene ring substituents is 1. The Morgan fingerprint density at radius 1 is 1.42 bits per heavy atom. The zero-order valence-electron chi connectivity index (χ0n) is 11.5. The van der Waals surface area contributed by atoms with Gasteiger partial charge in [0.1, 0.15) is 5.75 Å². The summed E-state index contributed by atoms with van der Waals surface area (Å²) in [5.74, 6) is 0.642. The number of non-ortho nitro benzene ring substituents is 1. The highest BCUT2D eigenvalue weighted by Gasteiger charge is 2.10. The van der Waals surface area contributed by atoms with E-state index in [4.69, 9.17) is 9.47 Å². The lowest BCUT2D eigenvalue weighted by Crippen LogP contribution is -2.21. The topological polar surface area (TPSA) is 73.6 Å². The van der Waals surface area contributed by atoms with Crippen LogP contribution < -0.4 is 10.1 Å². The molecule has 0 atom stereocenters. The second-order valence-corrected chi connectivity index (χ2v) is 4.35. The second kappa shape index (κ2) is 7.70. The van der Waals surface area contributed by atoms with Gasteiger partial charge in [-0.3, -0.25) is 10.1 Å². The van der Waals surface area contributed by atoms with Crippen molar-refractivity contribution in [2.24, 2.45) is 0 Å². The van der Waals surface area contributed by atoms with Crippen LogP contribution in [-0.4, -0.2) is 31.3 Å². The van der Waals surface area contributed by atoms with Gasteiger partial charge in [0.15, 0.2) is 0 Å². The van der Waals surface area contributed by atoms with Crippen LogP contribution in [0.2, 0.25) is 0 Å². The van der Waals surface area contributed by atoms with Crippen molar-refractivity contribution in [3.63, 3.8) is 0 Å². The number of benzene rings is 1. The van der Waals surface area contributed by atoms with Crippen molar-refractivity contribution < 1.29 is 14.4 Å². The van der Waals surface area contributed by atoms with Crippen molar-refractivity contribution in [1.82, 2.24) is 5.32 Å². The average Bonchev–Trinajstić information content (AvgIpc) is 2.37. The Kier molecular flexibility index (Phi) is 6.24. The minimum absolute atomic E-state index is 0.0658. The van der Waals surface area contributed by atoms with Gasteiger partial charge in [0.05, 0.1) is 24.7 Å². The highest BCUT2D eigenvalue weighted by molar-refractivity contribution is 5.43. The Labute approximate surface area is 112 Å². The molecule has 1 aromatic rings. The van der Waals surface area contributed by atoms with Gasteiger partial charge in [-0.25, -0.2) is 0 Å². The molecule has 0 saturated carbocycles. The van der Waals surface area contributed by atoms with E-state index >= 15 is 0 Å². The predicted octanol–water partition coefficient (Wildman–Crippen LogP) is 2.12. The van der Waals surface area contributed by atoms with Gasteiger partial charge in [0.25, 0.3) is 5.69 Å². The summed E-state index contributed by atoms with van der Waals surface area (Å²) < 4.78 is 10.6. The fourth-order valence-electron chi connectivity index (χ4n) is 1.61. The summed E-state index contributed by atoms with van der Waals surface area (Å²) in [5.41, 5.74) is 0.831. The molecule has 0 aliphatic carbocycles. The van der Waals surface area contributed by atoms with E-state index in [1.54, 1.807) is 13.2 Å². The number of rotatable bonds is 8. The van der Waals surface area contributed by atoms with Gasteiger partial charge in [-0.2, -0.15) is 0 Å². The molecule has 0 bridgehead atoms. The van der Waals surface area contributed by atoms with E-state index in [1.165, 1.54) is 12.1 Å². The van der Waals surface area contributed by atoms with Gasteiger partial charge in [-0.1, -0.05) is 0 Å². The molecule has 1 aromatic carbocycles. The summed E-state index contributed by atoms with van der Waals surface area (Å²) in [4.78, 5) is 10.3.